The number of rotatable bonds is 6. The van der Waals surface area contributed by atoms with Gasteiger partial charge in [-0.2, -0.15) is 5.10 Å². The van der Waals surface area contributed by atoms with Crippen LogP contribution in [0.2, 0.25) is 0 Å². The Hall–Kier alpha value is -4.66. The molecule has 9 heteroatoms. The van der Waals surface area contributed by atoms with Crippen LogP contribution in [0, 0.1) is 5.92 Å². The minimum Gasteiger partial charge on any atom is -0.495 e. The minimum absolute atomic E-state index is 0.0551. The van der Waals surface area contributed by atoms with E-state index < -0.39 is 29.7 Å². The highest BCUT2D eigenvalue weighted by Gasteiger charge is 2.59. The number of methoxy groups -OCH3 is 2. The van der Waals surface area contributed by atoms with Crippen LogP contribution in [0.15, 0.2) is 84.0 Å². The Morgan fingerprint density at radius 2 is 1.37 bits per heavy atom. The van der Waals surface area contributed by atoms with Crippen molar-refractivity contribution in [2.24, 2.45) is 11.0 Å². The largest absolute Gasteiger partial charge is 0.495 e. The van der Waals surface area contributed by atoms with Crippen LogP contribution in [0.5, 0.6) is 11.5 Å². The molecule has 176 valence electrons. The summed E-state index contributed by atoms with van der Waals surface area (Å²) in [6.45, 7) is 0. The van der Waals surface area contributed by atoms with Gasteiger partial charge in [-0.15, -0.1) is 0 Å². The molecule has 0 radical (unpaired) electrons. The fourth-order valence-electron chi connectivity index (χ4n) is 4.39. The lowest BCUT2D eigenvalue weighted by molar-refractivity contribution is -0.122. The first-order chi connectivity index (χ1) is 17.0. The number of ether oxygens (including phenoxy) is 2. The van der Waals surface area contributed by atoms with E-state index in [4.69, 9.17) is 9.47 Å². The number of hydrogen-bond acceptors (Lipinski definition) is 7. The predicted octanol–water partition coefficient (Wildman–Crippen LogP) is 3.08. The van der Waals surface area contributed by atoms with Gasteiger partial charge in [0.2, 0.25) is 5.91 Å². The zero-order valence-electron chi connectivity index (χ0n) is 19.0. The summed E-state index contributed by atoms with van der Waals surface area (Å²) in [5, 5.41) is 8.65. The molecule has 0 unspecified atom stereocenters. The Kier molecular flexibility index (Phi) is 5.66. The SMILES string of the molecule is COc1ccccc1N1C(=O)[C@@H]2C(C(=O)Nc3ccccc3)=NN(c3ccccc3OC)[C@H]2C1=O. The summed E-state index contributed by atoms with van der Waals surface area (Å²) in [7, 11) is 2.97. The lowest BCUT2D eigenvalue weighted by Crippen LogP contribution is -2.39. The molecule has 0 saturated carbocycles. The molecule has 2 heterocycles. The molecule has 1 saturated heterocycles. The van der Waals surface area contributed by atoms with Gasteiger partial charge in [-0.25, -0.2) is 9.91 Å². The molecule has 0 bridgehead atoms. The summed E-state index contributed by atoms with van der Waals surface area (Å²) in [4.78, 5) is 41.8. The van der Waals surface area contributed by atoms with Gasteiger partial charge in [0.15, 0.2) is 0 Å². The van der Waals surface area contributed by atoms with Crippen molar-refractivity contribution in [2.75, 3.05) is 29.4 Å². The first kappa shape index (κ1) is 22.1. The Morgan fingerprint density at radius 3 is 2.03 bits per heavy atom. The van der Waals surface area contributed by atoms with E-state index in [2.05, 4.69) is 10.4 Å². The van der Waals surface area contributed by atoms with Crippen LogP contribution >= 0.6 is 0 Å². The van der Waals surface area contributed by atoms with E-state index in [9.17, 15) is 14.4 Å². The molecule has 1 N–H and O–H groups in total. The monoisotopic (exact) mass is 470 g/mol. The Balaban J connectivity index is 1.60. The number of para-hydroxylation sites is 5. The summed E-state index contributed by atoms with van der Waals surface area (Å²) >= 11 is 0. The zero-order chi connectivity index (χ0) is 24.5. The molecule has 2 aliphatic heterocycles. The smallest absolute Gasteiger partial charge is 0.272 e. The number of nitrogens with one attached hydrogen (secondary N) is 1. The van der Waals surface area contributed by atoms with Crippen molar-refractivity contribution < 1.29 is 23.9 Å². The number of nitrogens with zero attached hydrogens (tertiary/aromatic N) is 3. The van der Waals surface area contributed by atoms with Crippen LogP contribution in [-0.4, -0.2) is 43.7 Å². The Labute approximate surface area is 201 Å². The normalized spacial score (nSPS) is 18.9. The third-order valence-corrected chi connectivity index (χ3v) is 5.97. The van der Waals surface area contributed by atoms with Gasteiger partial charge < -0.3 is 14.8 Å². The number of benzene rings is 3. The van der Waals surface area contributed by atoms with Crippen LogP contribution in [0.25, 0.3) is 0 Å². The summed E-state index contributed by atoms with van der Waals surface area (Å²) < 4.78 is 10.9. The van der Waals surface area contributed by atoms with Crippen LogP contribution in [0.4, 0.5) is 17.1 Å². The number of anilines is 3. The first-order valence-corrected chi connectivity index (χ1v) is 10.9. The van der Waals surface area contributed by atoms with E-state index in [1.165, 1.54) is 19.2 Å². The van der Waals surface area contributed by atoms with Crippen LogP contribution in [0.3, 0.4) is 0 Å². The molecule has 2 aliphatic rings. The van der Waals surface area contributed by atoms with Crippen LogP contribution in [0.1, 0.15) is 0 Å². The molecule has 5 rings (SSSR count). The molecule has 3 aromatic rings. The summed E-state index contributed by atoms with van der Waals surface area (Å²) in [5.41, 5.74) is 1.27. The van der Waals surface area contributed by atoms with E-state index in [1.807, 2.05) is 6.07 Å². The van der Waals surface area contributed by atoms with Crippen LogP contribution < -0.4 is 24.7 Å². The number of amides is 3. The maximum Gasteiger partial charge on any atom is 0.272 e. The Morgan fingerprint density at radius 1 is 0.800 bits per heavy atom. The standard InChI is InChI=1S/C26H22N4O5/c1-34-19-14-8-6-12-17(19)29-25(32)21-22(24(31)27-16-10-4-3-5-11-16)28-30(23(21)26(29)33)18-13-7-9-15-20(18)35-2/h3-15,21,23H,1-2H3,(H,27,31)/t21-,23-/m1/s1. The van der Waals surface area contributed by atoms with Gasteiger partial charge in [-0.1, -0.05) is 42.5 Å². The molecular weight excluding hydrogens is 448 g/mol. The van der Waals surface area contributed by atoms with Crippen LogP contribution in [-0.2, 0) is 14.4 Å². The molecule has 1 fully saturated rings. The molecule has 35 heavy (non-hydrogen) atoms. The maximum atomic E-state index is 13.7. The number of imide groups is 1. The summed E-state index contributed by atoms with van der Waals surface area (Å²) in [6, 6.07) is 21.5. The second-order valence-corrected chi connectivity index (χ2v) is 7.93. The van der Waals surface area contributed by atoms with Crippen molar-refractivity contribution in [3.05, 3.63) is 78.9 Å². The number of carbonyl (C=O) groups excluding carboxylic acids is 3. The molecule has 3 aromatic carbocycles. The summed E-state index contributed by atoms with van der Waals surface area (Å²) in [5.74, 6) is -1.92. The van der Waals surface area contributed by atoms with Crippen molar-refractivity contribution in [1.82, 2.24) is 0 Å². The minimum atomic E-state index is -1.11. The van der Waals surface area contributed by atoms with E-state index in [1.54, 1.807) is 72.8 Å². The highest BCUT2D eigenvalue weighted by Crippen LogP contribution is 2.42. The zero-order valence-corrected chi connectivity index (χ0v) is 19.0. The maximum absolute atomic E-state index is 13.7. The average molecular weight is 470 g/mol. The second kappa shape index (κ2) is 8.94. The molecular formula is C26H22N4O5. The molecule has 3 amide bonds. The van der Waals surface area contributed by atoms with Gasteiger partial charge in [0.05, 0.1) is 19.9 Å². The third kappa shape index (κ3) is 3.67. The van der Waals surface area contributed by atoms with Crippen molar-refractivity contribution in [3.8, 4) is 11.5 Å². The number of fused-ring (bicyclic) bond motifs is 1. The highest BCUT2D eigenvalue weighted by atomic mass is 16.5. The third-order valence-electron chi connectivity index (χ3n) is 5.97. The molecule has 2 atom stereocenters. The van der Waals surface area contributed by atoms with Gasteiger partial charge in [0.25, 0.3) is 11.8 Å². The second-order valence-electron chi connectivity index (χ2n) is 7.93. The topological polar surface area (TPSA) is 101 Å². The van der Waals surface area contributed by atoms with E-state index in [-0.39, 0.29) is 5.71 Å². The Bertz CT molecular complexity index is 1340. The average Bonchev–Trinajstić information content (AvgIpc) is 3.41. The van der Waals surface area contributed by atoms with Gasteiger partial charge in [0.1, 0.15) is 34.9 Å². The van der Waals surface area contributed by atoms with Gasteiger partial charge in [0, 0.05) is 5.69 Å². The molecule has 9 nitrogen and oxygen atoms in total. The molecule has 0 spiro atoms. The fraction of sp³-hybridized carbons (Fsp3) is 0.154. The summed E-state index contributed by atoms with van der Waals surface area (Å²) in [6.07, 6.45) is 0. The lowest BCUT2D eigenvalue weighted by atomic mass is 9.97. The fourth-order valence-corrected chi connectivity index (χ4v) is 4.39. The van der Waals surface area contributed by atoms with Crippen molar-refractivity contribution in [3.63, 3.8) is 0 Å². The molecule has 0 aliphatic carbocycles. The first-order valence-electron chi connectivity index (χ1n) is 10.9. The van der Waals surface area contributed by atoms with Crippen molar-refractivity contribution in [1.29, 1.82) is 0 Å². The van der Waals surface area contributed by atoms with Gasteiger partial charge in [-0.05, 0) is 36.4 Å². The van der Waals surface area contributed by atoms with Crippen molar-refractivity contribution >= 4 is 40.5 Å². The number of hydrogen-bond donors (Lipinski definition) is 1. The van der Waals surface area contributed by atoms with E-state index in [0.29, 0.717) is 28.6 Å². The number of hydrazone groups is 1. The lowest BCUT2D eigenvalue weighted by Gasteiger charge is -2.24. The highest BCUT2D eigenvalue weighted by molar-refractivity contribution is 6.51. The predicted molar refractivity (Wildman–Crippen MR) is 131 cm³/mol. The van der Waals surface area contributed by atoms with Crippen molar-refractivity contribution in [2.45, 2.75) is 6.04 Å². The van der Waals surface area contributed by atoms with E-state index >= 15 is 0 Å². The van der Waals surface area contributed by atoms with Gasteiger partial charge in [-0.3, -0.25) is 14.4 Å². The molecule has 0 aromatic heterocycles. The quantitative estimate of drug-likeness (QED) is 0.556. The van der Waals surface area contributed by atoms with E-state index in [0.717, 1.165) is 4.90 Å². The van der Waals surface area contributed by atoms with Gasteiger partial charge >= 0.3 is 0 Å². The number of carbonyl (C=O) groups is 3.